The standard InChI is InChI=1S/C14H23ClN2O3/c1-17(2)9-11(18)8-16-7-10-5-12(15)14(20-4)13(6-10)19-3/h5-6,11,16,18H,7-9H2,1-4H3. The molecule has 0 aromatic heterocycles. The quantitative estimate of drug-likeness (QED) is 0.760. The van der Waals surface area contributed by atoms with Gasteiger partial charge in [0.1, 0.15) is 0 Å². The van der Waals surface area contributed by atoms with Gasteiger partial charge in [0, 0.05) is 19.6 Å². The van der Waals surface area contributed by atoms with E-state index in [2.05, 4.69) is 5.32 Å². The van der Waals surface area contributed by atoms with Gasteiger partial charge in [0.05, 0.1) is 25.3 Å². The van der Waals surface area contributed by atoms with Gasteiger partial charge in [-0.3, -0.25) is 0 Å². The molecule has 1 aromatic carbocycles. The number of ether oxygens (including phenoxy) is 2. The lowest BCUT2D eigenvalue weighted by Gasteiger charge is -2.17. The fourth-order valence-corrected chi connectivity index (χ4v) is 2.25. The molecule has 0 saturated heterocycles. The summed E-state index contributed by atoms with van der Waals surface area (Å²) in [6.07, 6.45) is -0.402. The van der Waals surface area contributed by atoms with E-state index in [0.717, 1.165) is 5.56 Å². The van der Waals surface area contributed by atoms with Crippen molar-refractivity contribution in [2.24, 2.45) is 0 Å². The van der Waals surface area contributed by atoms with E-state index < -0.39 is 6.10 Å². The zero-order valence-electron chi connectivity index (χ0n) is 12.4. The van der Waals surface area contributed by atoms with Crippen molar-refractivity contribution in [3.8, 4) is 11.5 Å². The highest BCUT2D eigenvalue weighted by atomic mass is 35.5. The third-order valence-corrected chi connectivity index (χ3v) is 3.06. The predicted octanol–water partition coefficient (Wildman–Crippen LogP) is 1.37. The van der Waals surface area contributed by atoms with E-state index in [4.69, 9.17) is 21.1 Å². The Morgan fingerprint density at radius 1 is 1.30 bits per heavy atom. The van der Waals surface area contributed by atoms with Gasteiger partial charge < -0.3 is 24.8 Å². The summed E-state index contributed by atoms with van der Waals surface area (Å²) in [4.78, 5) is 1.94. The molecule has 0 saturated carbocycles. The Labute approximate surface area is 125 Å². The second-order valence-corrected chi connectivity index (χ2v) is 5.27. The Hall–Kier alpha value is -1.01. The number of benzene rings is 1. The van der Waals surface area contributed by atoms with E-state index in [1.165, 1.54) is 0 Å². The Kier molecular flexibility index (Phi) is 7.09. The lowest BCUT2D eigenvalue weighted by Crippen LogP contribution is -2.34. The molecule has 1 atom stereocenters. The van der Waals surface area contributed by atoms with Crippen LogP contribution in [-0.4, -0.2) is 57.5 Å². The second-order valence-electron chi connectivity index (χ2n) is 4.86. The molecule has 0 amide bonds. The van der Waals surface area contributed by atoms with Crippen LogP contribution in [0.4, 0.5) is 0 Å². The molecule has 1 unspecified atom stereocenters. The summed E-state index contributed by atoms with van der Waals surface area (Å²) in [6.45, 7) is 1.74. The Morgan fingerprint density at radius 3 is 2.55 bits per heavy atom. The molecular formula is C14H23ClN2O3. The minimum atomic E-state index is -0.402. The van der Waals surface area contributed by atoms with Gasteiger partial charge in [-0.25, -0.2) is 0 Å². The topological polar surface area (TPSA) is 54.0 Å². The van der Waals surface area contributed by atoms with Crippen LogP contribution in [0.25, 0.3) is 0 Å². The third kappa shape index (κ3) is 5.17. The molecular weight excluding hydrogens is 280 g/mol. The van der Waals surface area contributed by atoms with Crippen LogP contribution in [0.2, 0.25) is 5.02 Å². The number of nitrogens with one attached hydrogen (secondary N) is 1. The van der Waals surface area contributed by atoms with Crippen molar-refractivity contribution in [2.45, 2.75) is 12.6 Å². The molecule has 1 aromatic rings. The fraction of sp³-hybridized carbons (Fsp3) is 0.571. The number of likely N-dealkylation sites (N-methyl/N-ethyl adjacent to an activating group) is 1. The van der Waals surface area contributed by atoms with Crippen molar-refractivity contribution in [1.82, 2.24) is 10.2 Å². The number of halogens is 1. The molecule has 5 nitrogen and oxygen atoms in total. The molecule has 1 rings (SSSR count). The van der Waals surface area contributed by atoms with Crippen molar-refractivity contribution in [3.05, 3.63) is 22.7 Å². The van der Waals surface area contributed by atoms with Crippen LogP contribution in [0.3, 0.4) is 0 Å². The molecule has 0 aliphatic carbocycles. The summed E-state index contributed by atoms with van der Waals surface area (Å²) in [6, 6.07) is 3.70. The molecule has 0 spiro atoms. The van der Waals surface area contributed by atoms with Crippen molar-refractivity contribution in [3.63, 3.8) is 0 Å². The molecule has 0 radical (unpaired) electrons. The normalized spacial score (nSPS) is 12.6. The van der Waals surface area contributed by atoms with Gasteiger partial charge in [-0.2, -0.15) is 0 Å². The Morgan fingerprint density at radius 2 is 2.00 bits per heavy atom. The molecule has 6 heteroatoms. The zero-order chi connectivity index (χ0) is 15.1. The Balaban J connectivity index is 2.58. The van der Waals surface area contributed by atoms with Crippen LogP contribution in [0.5, 0.6) is 11.5 Å². The summed E-state index contributed by atoms with van der Waals surface area (Å²) in [7, 11) is 6.99. The summed E-state index contributed by atoms with van der Waals surface area (Å²) >= 11 is 6.13. The number of rotatable bonds is 8. The van der Waals surface area contributed by atoms with Gasteiger partial charge in [-0.1, -0.05) is 11.6 Å². The second kappa shape index (κ2) is 8.32. The molecule has 0 fully saturated rings. The summed E-state index contributed by atoms with van der Waals surface area (Å²) in [5, 5.41) is 13.5. The van der Waals surface area contributed by atoms with E-state index in [-0.39, 0.29) is 0 Å². The largest absolute Gasteiger partial charge is 0.493 e. The first-order valence-corrected chi connectivity index (χ1v) is 6.79. The predicted molar refractivity (Wildman–Crippen MR) is 80.8 cm³/mol. The van der Waals surface area contributed by atoms with Crippen LogP contribution in [0.15, 0.2) is 12.1 Å². The minimum Gasteiger partial charge on any atom is -0.493 e. The molecule has 114 valence electrons. The maximum atomic E-state index is 9.76. The van der Waals surface area contributed by atoms with Crippen molar-refractivity contribution in [1.29, 1.82) is 0 Å². The average molecular weight is 303 g/mol. The van der Waals surface area contributed by atoms with Gasteiger partial charge >= 0.3 is 0 Å². The van der Waals surface area contributed by atoms with Crippen LogP contribution in [0.1, 0.15) is 5.56 Å². The van der Waals surface area contributed by atoms with Gasteiger partial charge in [-0.15, -0.1) is 0 Å². The highest BCUT2D eigenvalue weighted by Gasteiger charge is 2.11. The maximum Gasteiger partial charge on any atom is 0.179 e. The van der Waals surface area contributed by atoms with Crippen LogP contribution in [0, 0.1) is 0 Å². The number of aliphatic hydroxyl groups excluding tert-OH is 1. The van der Waals surface area contributed by atoms with Gasteiger partial charge in [0.2, 0.25) is 0 Å². The smallest absolute Gasteiger partial charge is 0.179 e. The lowest BCUT2D eigenvalue weighted by atomic mass is 10.2. The first kappa shape index (κ1) is 17.0. The Bertz CT molecular complexity index is 427. The molecule has 0 heterocycles. The SMILES string of the molecule is COc1cc(CNCC(O)CN(C)C)cc(Cl)c1OC. The van der Waals surface area contributed by atoms with Crippen LogP contribution >= 0.6 is 11.6 Å². The molecule has 20 heavy (non-hydrogen) atoms. The van der Waals surface area contributed by atoms with E-state index >= 15 is 0 Å². The minimum absolute atomic E-state index is 0.402. The molecule has 0 aliphatic rings. The monoisotopic (exact) mass is 302 g/mol. The summed E-state index contributed by atoms with van der Waals surface area (Å²) in [5.41, 5.74) is 0.977. The number of aliphatic hydroxyl groups is 1. The van der Waals surface area contributed by atoms with Crippen molar-refractivity contribution >= 4 is 11.6 Å². The highest BCUT2D eigenvalue weighted by Crippen LogP contribution is 2.35. The van der Waals surface area contributed by atoms with Gasteiger partial charge in [0.25, 0.3) is 0 Å². The number of nitrogens with zero attached hydrogens (tertiary/aromatic N) is 1. The van der Waals surface area contributed by atoms with E-state index in [0.29, 0.717) is 36.2 Å². The highest BCUT2D eigenvalue weighted by molar-refractivity contribution is 6.32. The molecule has 0 bridgehead atoms. The van der Waals surface area contributed by atoms with Crippen molar-refractivity contribution in [2.75, 3.05) is 41.4 Å². The van der Waals surface area contributed by atoms with E-state index in [1.807, 2.05) is 31.1 Å². The van der Waals surface area contributed by atoms with Gasteiger partial charge in [0.15, 0.2) is 11.5 Å². The first-order valence-electron chi connectivity index (χ1n) is 6.41. The summed E-state index contributed by atoms with van der Waals surface area (Å²) in [5.74, 6) is 1.14. The number of hydrogen-bond acceptors (Lipinski definition) is 5. The fourth-order valence-electron chi connectivity index (χ4n) is 1.94. The average Bonchev–Trinajstić information content (AvgIpc) is 2.37. The maximum absolute atomic E-state index is 9.76. The zero-order valence-corrected chi connectivity index (χ0v) is 13.2. The van der Waals surface area contributed by atoms with Crippen molar-refractivity contribution < 1.29 is 14.6 Å². The van der Waals surface area contributed by atoms with E-state index in [9.17, 15) is 5.11 Å². The summed E-state index contributed by atoms with van der Waals surface area (Å²) < 4.78 is 10.4. The lowest BCUT2D eigenvalue weighted by molar-refractivity contribution is 0.134. The first-order chi connectivity index (χ1) is 9.47. The molecule has 0 aliphatic heterocycles. The number of hydrogen-bond donors (Lipinski definition) is 2. The number of methoxy groups -OCH3 is 2. The molecule has 2 N–H and O–H groups in total. The third-order valence-electron chi connectivity index (χ3n) is 2.78. The van der Waals surface area contributed by atoms with Crippen LogP contribution in [-0.2, 0) is 6.54 Å². The van der Waals surface area contributed by atoms with Crippen LogP contribution < -0.4 is 14.8 Å². The van der Waals surface area contributed by atoms with Gasteiger partial charge in [-0.05, 0) is 31.8 Å². The van der Waals surface area contributed by atoms with E-state index in [1.54, 1.807) is 14.2 Å².